The number of aryl methyl sites for hydroxylation is 1. The summed E-state index contributed by atoms with van der Waals surface area (Å²) in [7, 11) is 0. The van der Waals surface area contributed by atoms with Gasteiger partial charge in [0.25, 0.3) is 0 Å². The van der Waals surface area contributed by atoms with Crippen molar-refractivity contribution in [3.8, 4) is 17.2 Å². The molecular weight excluding hydrogens is 320 g/mol. The normalized spacial score (nSPS) is 15.6. The number of rotatable bonds is 8. The number of ether oxygens (including phenoxy) is 3. The van der Waals surface area contributed by atoms with Crippen molar-refractivity contribution in [3.05, 3.63) is 54.1 Å². The van der Waals surface area contributed by atoms with Crippen molar-refractivity contribution in [3.63, 3.8) is 0 Å². The molecule has 1 atom stereocenters. The number of unbranched alkanes of at least 4 members (excludes halogenated alkanes) is 1. The molecule has 0 spiro atoms. The maximum Gasteiger partial charge on any atom is 0.303 e. The lowest BCUT2D eigenvalue weighted by molar-refractivity contribution is -0.137. The molecule has 2 aromatic rings. The van der Waals surface area contributed by atoms with Crippen LogP contribution >= 0.6 is 0 Å². The molecule has 0 amide bonds. The van der Waals surface area contributed by atoms with E-state index in [-0.39, 0.29) is 12.5 Å². The van der Waals surface area contributed by atoms with E-state index in [1.165, 1.54) is 5.56 Å². The van der Waals surface area contributed by atoms with Crippen molar-refractivity contribution in [1.29, 1.82) is 0 Å². The third-order valence-corrected chi connectivity index (χ3v) is 4.03. The van der Waals surface area contributed by atoms with Gasteiger partial charge in [-0.25, -0.2) is 0 Å². The fourth-order valence-corrected chi connectivity index (χ4v) is 2.69. The first-order chi connectivity index (χ1) is 12.2. The zero-order chi connectivity index (χ0) is 17.5. The first-order valence-electron chi connectivity index (χ1n) is 8.53. The van der Waals surface area contributed by atoms with E-state index in [0.29, 0.717) is 19.6 Å². The molecule has 3 rings (SSSR count). The summed E-state index contributed by atoms with van der Waals surface area (Å²) >= 11 is 0. The van der Waals surface area contributed by atoms with E-state index in [1.807, 2.05) is 48.5 Å². The average Bonchev–Trinajstić information content (AvgIpc) is 2.64. The zero-order valence-electron chi connectivity index (χ0n) is 14.0. The van der Waals surface area contributed by atoms with Gasteiger partial charge in [-0.15, -0.1) is 0 Å². The second-order valence-electron chi connectivity index (χ2n) is 6.05. The van der Waals surface area contributed by atoms with Gasteiger partial charge in [0, 0.05) is 6.42 Å². The largest absolute Gasteiger partial charge is 0.490 e. The monoisotopic (exact) mass is 342 g/mol. The number of fused-ring (bicyclic) bond motifs is 1. The van der Waals surface area contributed by atoms with Crippen molar-refractivity contribution in [2.45, 2.75) is 31.8 Å². The van der Waals surface area contributed by atoms with Gasteiger partial charge < -0.3 is 19.3 Å². The first-order valence-corrected chi connectivity index (χ1v) is 8.53. The summed E-state index contributed by atoms with van der Waals surface area (Å²) < 4.78 is 17.3. The number of carboxylic acids is 1. The quantitative estimate of drug-likeness (QED) is 0.741. The molecule has 1 N–H and O–H groups in total. The summed E-state index contributed by atoms with van der Waals surface area (Å²) in [5, 5.41) is 8.63. The predicted octanol–water partition coefficient (Wildman–Crippen LogP) is 3.70. The Labute approximate surface area is 147 Å². The van der Waals surface area contributed by atoms with Crippen LogP contribution in [0, 0.1) is 0 Å². The molecule has 0 radical (unpaired) electrons. The van der Waals surface area contributed by atoms with Gasteiger partial charge in [-0.3, -0.25) is 4.79 Å². The molecule has 132 valence electrons. The second kappa shape index (κ2) is 8.42. The molecule has 0 aromatic heterocycles. The van der Waals surface area contributed by atoms with Crippen molar-refractivity contribution in [2.24, 2.45) is 0 Å². The highest BCUT2D eigenvalue weighted by Crippen LogP contribution is 2.31. The van der Waals surface area contributed by atoms with E-state index >= 15 is 0 Å². The highest BCUT2D eigenvalue weighted by Gasteiger charge is 2.21. The summed E-state index contributed by atoms with van der Waals surface area (Å²) in [5.41, 5.74) is 1.18. The van der Waals surface area contributed by atoms with E-state index in [0.717, 1.165) is 30.1 Å². The van der Waals surface area contributed by atoms with E-state index < -0.39 is 5.97 Å². The molecule has 0 fully saturated rings. The van der Waals surface area contributed by atoms with Gasteiger partial charge in [-0.2, -0.15) is 0 Å². The number of benzene rings is 2. The Morgan fingerprint density at radius 2 is 1.84 bits per heavy atom. The van der Waals surface area contributed by atoms with Crippen molar-refractivity contribution < 1.29 is 24.1 Å². The summed E-state index contributed by atoms with van der Waals surface area (Å²) in [6.45, 7) is 0.894. The molecule has 5 nitrogen and oxygen atoms in total. The number of aliphatic carboxylic acids is 1. The molecule has 2 aromatic carbocycles. The SMILES string of the molecule is O=C(O)CCCCc1ccc(OCC2COc3ccccc3O2)cc1. The van der Waals surface area contributed by atoms with E-state index in [2.05, 4.69) is 0 Å². The van der Waals surface area contributed by atoms with E-state index in [9.17, 15) is 4.79 Å². The van der Waals surface area contributed by atoms with Crippen LogP contribution in [0.2, 0.25) is 0 Å². The van der Waals surface area contributed by atoms with Crippen LogP contribution in [0.5, 0.6) is 17.2 Å². The van der Waals surface area contributed by atoms with Crippen LogP contribution < -0.4 is 14.2 Å². The number of para-hydroxylation sites is 2. The lowest BCUT2D eigenvalue weighted by Crippen LogP contribution is -2.34. The standard InChI is InChI=1S/C20H22O5/c21-20(22)8-4-1-5-15-9-11-16(12-10-15)23-13-17-14-24-18-6-2-3-7-19(18)25-17/h2-3,6-7,9-12,17H,1,4-5,8,13-14H2,(H,21,22). The molecule has 0 saturated heterocycles. The average molecular weight is 342 g/mol. The van der Waals surface area contributed by atoms with Crippen LogP contribution in [0.15, 0.2) is 48.5 Å². The van der Waals surface area contributed by atoms with Crippen LogP contribution in [0.25, 0.3) is 0 Å². The second-order valence-corrected chi connectivity index (χ2v) is 6.05. The fraction of sp³-hybridized carbons (Fsp3) is 0.350. The van der Waals surface area contributed by atoms with Crippen LogP contribution in [-0.4, -0.2) is 30.4 Å². The van der Waals surface area contributed by atoms with Gasteiger partial charge in [-0.05, 0) is 49.1 Å². The van der Waals surface area contributed by atoms with Crippen molar-refractivity contribution in [1.82, 2.24) is 0 Å². The minimum absolute atomic E-state index is 0.134. The molecule has 5 heteroatoms. The van der Waals surface area contributed by atoms with E-state index in [1.54, 1.807) is 0 Å². The number of carboxylic acid groups (broad SMARTS) is 1. The molecule has 1 aliphatic rings. The zero-order valence-corrected chi connectivity index (χ0v) is 14.0. The van der Waals surface area contributed by atoms with Gasteiger partial charge >= 0.3 is 5.97 Å². The Balaban J connectivity index is 1.42. The van der Waals surface area contributed by atoms with Crippen LogP contribution in [0.1, 0.15) is 24.8 Å². The molecule has 1 heterocycles. The molecule has 0 bridgehead atoms. The van der Waals surface area contributed by atoms with Gasteiger partial charge in [-0.1, -0.05) is 24.3 Å². The van der Waals surface area contributed by atoms with Crippen LogP contribution in [0.3, 0.4) is 0 Å². The summed E-state index contributed by atoms with van der Waals surface area (Å²) in [5.74, 6) is 1.57. The smallest absolute Gasteiger partial charge is 0.303 e. The minimum Gasteiger partial charge on any atom is -0.490 e. The third-order valence-electron chi connectivity index (χ3n) is 4.03. The Hall–Kier alpha value is -2.69. The molecular formula is C20H22O5. The van der Waals surface area contributed by atoms with Crippen molar-refractivity contribution >= 4 is 5.97 Å². The van der Waals surface area contributed by atoms with E-state index in [4.69, 9.17) is 19.3 Å². The molecule has 0 saturated carbocycles. The highest BCUT2D eigenvalue weighted by atomic mass is 16.6. The predicted molar refractivity (Wildman–Crippen MR) is 93.5 cm³/mol. The minimum atomic E-state index is -0.736. The van der Waals surface area contributed by atoms with Crippen LogP contribution in [0.4, 0.5) is 0 Å². The van der Waals surface area contributed by atoms with Gasteiger partial charge in [0.05, 0.1) is 0 Å². The Morgan fingerprint density at radius 1 is 1.08 bits per heavy atom. The highest BCUT2D eigenvalue weighted by molar-refractivity contribution is 5.66. The lowest BCUT2D eigenvalue weighted by atomic mass is 10.1. The molecule has 1 unspecified atom stereocenters. The summed E-state index contributed by atoms with van der Waals surface area (Å²) in [6, 6.07) is 15.5. The molecule has 25 heavy (non-hydrogen) atoms. The first kappa shape index (κ1) is 17.1. The van der Waals surface area contributed by atoms with Gasteiger partial charge in [0.1, 0.15) is 19.0 Å². The number of hydrogen-bond acceptors (Lipinski definition) is 4. The summed E-state index contributed by atoms with van der Waals surface area (Å²) in [6.07, 6.45) is 2.55. The summed E-state index contributed by atoms with van der Waals surface area (Å²) in [4.78, 5) is 10.5. The maximum atomic E-state index is 10.5. The van der Waals surface area contributed by atoms with Gasteiger partial charge in [0.2, 0.25) is 0 Å². The Morgan fingerprint density at radius 3 is 2.60 bits per heavy atom. The number of carbonyl (C=O) groups is 1. The third kappa shape index (κ3) is 5.14. The van der Waals surface area contributed by atoms with Crippen molar-refractivity contribution in [2.75, 3.05) is 13.2 Å². The van der Waals surface area contributed by atoms with Gasteiger partial charge in [0.15, 0.2) is 17.6 Å². The lowest BCUT2D eigenvalue weighted by Gasteiger charge is -2.26. The topological polar surface area (TPSA) is 65.0 Å². The fourth-order valence-electron chi connectivity index (χ4n) is 2.69. The Kier molecular flexibility index (Phi) is 5.77. The molecule has 1 aliphatic heterocycles. The Bertz CT molecular complexity index is 695. The number of hydrogen-bond donors (Lipinski definition) is 1. The van der Waals surface area contributed by atoms with Crippen LogP contribution in [-0.2, 0) is 11.2 Å². The molecule has 0 aliphatic carbocycles. The maximum absolute atomic E-state index is 10.5.